The summed E-state index contributed by atoms with van der Waals surface area (Å²) in [6.07, 6.45) is -5.35. The fourth-order valence-electron chi connectivity index (χ4n) is 1.44. The molecule has 5 nitrogen and oxygen atoms in total. The Morgan fingerprint density at radius 1 is 1.56 bits per heavy atom. The summed E-state index contributed by atoms with van der Waals surface area (Å²) < 4.78 is 40.4. The van der Waals surface area contributed by atoms with Crippen LogP contribution in [-0.2, 0) is 17.8 Å². The molecule has 8 heteroatoms. The summed E-state index contributed by atoms with van der Waals surface area (Å²) in [4.78, 5) is 14.4. The summed E-state index contributed by atoms with van der Waals surface area (Å²) in [5.41, 5.74) is 5.62. The van der Waals surface area contributed by atoms with Gasteiger partial charge in [-0.1, -0.05) is 0 Å². The second kappa shape index (κ2) is 5.21. The molecule has 0 aliphatic heterocycles. The van der Waals surface area contributed by atoms with Crippen molar-refractivity contribution in [2.24, 2.45) is 5.73 Å². The Morgan fingerprint density at radius 3 is 2.61 bits per heavy atom. The first-order valence-corrected chi connectivity index (χ1v) is 4.90. The standard InChI is InChI=1S/C10H11F3N2O3/c1-5-7(4-14)8(18-10(11,12)13)2-6(15-5)3-9(16)17/h2H,3-4,14H2,1H3,(H,16,17). The number of rotatable bonds is 4. The fourth-order valence-corrected chi connectivity index (χ4v) is 1.44. The molecule has 0 atom stereocenters. The normalized spacial score (nSPS) is 11.4. The maximum Gasteiger partial charge on any atom is 0.573 e. The monoisotopic (exact) mass is 264 g/mol. The van der Waals surface area contributed by atoms with Crippen LogP contribution in [0.15, 0.2) is 6.07 Å². The maximum absolute atomic E-state index is 12.2. The molecule has 0 spiro atoms. The zero-order chi connectivity index (χ0) is 13.9. The Kier molecular flexibility index (Phi) is 4.12. The summed E-state index contributed by atoms with van der Waals surface area (Å²) in [5.74, 6) is -1.70. The highest BCUT2D eigenvalue weighted by molar-refractivity contribution is 5.69. The van der Waals surface area contributed by atoms with Gasteiger partial charge in [0.2, 0.25) is 0 Å². The van der Waals surface area contributed by atoms with Crippen LogP contribution in [0.4, 0.5) is 13.2 Å². The van der Waals surface area contributed by atoms with Gasteiger partial charge in [-0.2, -0.15) is 0 Å². The minimum Gasteiger partial charge on any atom is -0.481 e. The SMILES string of the molecule is Cc1nc(CC(=O)O)cc(OC(F)(F)F)c1CN. The lowest BCUT2D eigenvalue weighted by Crippen LogP contribution is -2.20. The Hall–Kier alpha value is -1.83. The predicted molar refractivity (Wildman–Crippen MR) is 54.9 cm³/mol. The van der Waals surface area contributed by atoms with Crippen molar-refractivity contribution in [3.8, 4) is 5.75 Å². The van der Waals surface area contributed by atoms with Gasteiger partial charge in [0.25, 0.3) is 0 Å². The number of aryl methyl sites for hydroxylation is 1. The van der Waals surface area contributed by atoms with Gasteiger partial charge in [0.15, 0.2) is 0 Å². The lowest BCUT2D eigenvalue weighted by molar-refractivity contribution is -0.274. The quantitative estimate of drug-likeness (QED) is 0.857. The van der Waals surface area contributed by atoms with E-state index in [-0.39, 0.29) is 23.5 Å². The molecule has 0 radical (unpaired) electrons. The minimum atomic E-state index is -4.86. The van der Waals surface area contributed by atoms with Crippen molar-refractivity contribution >= 4 is 5.97 Å². The van der Waals surface area contributed by atoms with Crippen LogP contribution in [-0.4, -0.2) is 22.4 Å². The van der Waals surface area contributed by atoms with E-state index in [4.69, 9.17) is 10.8 Å². The molecule has 0 saturated heterocycles. The number of carboxylic acid groups (broad SMARTS) is 1. The molecule has 1 aromatic heterocycles. The van der Waals surface area contributed by atoms with E-state index >= 15 is 0 Å². The number of hydrogen-bond donors (Lipinski definition) is 2. The number of carbonyl (C=O) groups is 1. The maximum atomic E-state index is 12.2. The molecule has 1 heterocycles. The second-order valence-electron chi connectivity index (χ2n) is 3.50. The number of aromatic nitrogens is 1. The molecule has 0 aliphatic rings. The number of nitrogens with zero attached hydrogens (tertiary/aromatic N) is 1. The minimum absolute atomic E-state index is 0.0172. The number of pyridine rings is 1. The summed E-state index contributed by atoms with van der Waals surface area (Å²) in [6, 6.07) is 0.941. The Bertz CT molecular complexity index is 460. The third kappa shape index (κ3) is 3.88. The van der Waals surface area contributed by atoms with Gasteiger partial charge in [-0.05, 0) is 6.92 Å². The average Bonchev–Trinajstić information content (AvgIpc) is 2.13. The second-order valence-corrected chi connectivity index (χ2v) is 3.50. The van der Waals surface area contributed by atoms with Crippen LogP contribution in [0.25, 0.3) is 0 Å². The third-order valence-electron chi connectivity index (χ3n) is 2.11. The van der Waals surface area contributed by atoms with E-state index in [0.717, 1.165) is 6.07 Å². The molecule has 100 valence electrons. The van der Waals surface area contributed by atoms with E-state index in [0.29, 0.717) is 0 Å². The summed E-state index contributed by atoms with van der Waals surface area (Å²) in [5, 5.41) is 8.58. The van der Waals surface area contributed by atoms with Crippen LogP contribution < -0.4 is 10.5 Å². The van der Waals surface area contributed by atoms with Gasteiger partial charge in [-0.3, -0.25) is 9.78 Å². The first-order valence-electron chi connectivity index (χ1n) is 4.90. The fraction of sp³-hybridized carbons (Fsp3) is 0.400. The van der Waals surface area contributed by atoms with Crippen LogP contribution in [0.1, 0.15) is 17.0 Å². The van der Waals surface area contributed by atoms with Crippen molar-refractivity contribution in [2.75, 3.05) is 0 Å². The molecular formula is C10H11F3N2O3. The topological polar surface area (TPSA) is 85.4 Å². The highest BCUT2D eigenvalue weighted by atomic mass is 19.4. The largest absolute Gasteiger partial charge is 0.573 e. The van der Waals surface area contributed by atoms with Gasteiger partial charge in [0.1, 0.15) is 5.75 Å². The van der Waals surface area contributed by atoms with E-state index < -0.39 is 24.5 Å². The van der Waals surface area contributed by atoms with Gasteiger partial charge in [-0.25, -0.2) is 0 Å². The van der Waals surface area contributed by atoms with Crippen LogP contribution in [0.2, 0.25) is 0 Å². The zero-order valence-electron chi connectivity index (χ0n) is 9.41. The predicted octanol–water partition coefficient (Wildman–Crippen LogP) is 1.37. The van der Waals surface area contributed by atoms with Crippen molar-refractivity contribution in [3.05, 3.63) is 23.0 Å². The molecule has 3 N–H and O–H groups in total. The summed E-state index contributed by atoms with van der Waals surface area (Å²) in [6.45, 7) is 1.26. The number of alkyl halides is 3. The zero-order valence-corrected chi connectivity index (χ0v) is 9.41. The van der Waals surface area contributed by atoms with Crippen molar-refractivity contribution in [1.82, 2.24) is 4.98 Å². The Morgan fingerprint density at radius 2 is 2.17 bits per heavy atom. The Labute approximate surface area is 100 Å². The first kappa shape index (κ1) is 14.2. The molecule has 1 aromatic rings. The molecule has 0 amide bonds. The van der Waals surface area contributed by atoms with Crippen LogP contribution in [0.3, 0.4) is 0 Å². The van der Waals surface area contributed by atoms with Crippen LogP contribution >= 0.6 is 0 Å². The van der Waals surface area contributed by atoms with Gasteiger partial charge >= 0.3 is 12.3 Å². The molecule has 1 rings (SSSR count). The number of ether oxygens (including phenoxy) is 1. The number of hydrogen-bond acceptors (Lipinski definition) is 4. The smallest absolute Gasteiger partial charge is 0.481 e. The third-order valence-corrected chi connectivity index (χ3v) is 2.11. The lowest BCUT2D eigenvalue weighted by Gasteiger charge is -2.15. The van der Waals surface area contributed by atoms with Gasteiger partial charge in [0, 0.05) is 23.9 Å². The van der Waals surface area contributed by atoms with Crippen molar-refractivity contribution in [3.63, 3.8) is 0 Å². The molecule has 0 unspecified atom stereocenters. The first-order chi connectivity index (χ1) is 8.23. The Balaban J connectivity index is 3.19. The van der Waals surface area contributed by atoms with Crippen molar-refractivity contribution in [1.29, 1.82) is 0 Å². The van der Waals surface area contributed by atoms with Crippen LogP contribution in [0, 0.1) is 6.92 Å². The summed E-state index contributed by atoms with van der Waals surface area (Å²) >= 11 is 0. The molecule has 18 heavy (non-hydrogen) atoms. The van der Waals surface area contributed by atoms with Crippen LogP contribution in [0.5, 0.6) is 5.75 Å². The molecule has 0 aliphatic carbocycles. The van der Waals surface area contributed by atoms with E-state index in [1.807, 2.05) is 0 Å². The number of carboxylic acids is 1. The molecular weight excluding hydrogens is 253 g/mol. The van der Waals surface area contributed by atoms with Gasteiger partial charge in [0.05, 0.1) is 12.1 Å². The van der Waals surface area contributed by atoms with Crippen molar-refractivity contribution in [2.45, 2.75) is 26.3 Å². The number of nitrogens with two attached hydrogens (primary N) is 1. The number of aliphatic carboxylic acids is 1. The van der Waals surface area contributed by atoms with Gasteiger partial charge in [-0.15, -0.1) is 13.2 Å². The van der Waals surface area contributed by atoms with Crippen molar-refractivity contribution < 1.29 is 27.8 Å². The molecule has 0 fully saturated rings. The highest BCUT2D eigenvalue weighted by Crippen LogP contribution is 2.28. The van der Waals surface area contributed by atoms with E-state index in [1.165, 1.54) is 6.92 Å². The summed E-state index contributed by atoms with van der Waals surface area (Å²) in [7, 11) is 0. The van der Waals surface area contributed by atoms with E-state index in [1.54, 1.807) is 0 Å². The van der Waals surface area contributed by atoms with Gasteiger partial charge < -0.3 is 15.6 Å². The highest BCUT2D eigenvalue weighted by Gasteiger charge is 2.32. The number of halogens is 3. The molecule has 0 aromatic carbocycles. The molecule has 0 bridgehead atoms. The van der Waals surface area contributed by atoms with E-state index in [2.05, 4.69) is 9.72 Å². The average molecular weight is 264 g/mol. The lowest BCUT2D eigenvalue weighted by atomic mass is 10.1. The van der Waals surface area contributed by atoms with E-state index in [9.17, 15) is 18.0 Å². The molecule has 0 saturated carbocycles.